The molecule has 2 rings (SSSR count). The highest BCUT2D eigenvalue weighted by Crippen LogP contribution is 2.25. The normalized spacial score (nSPS) is 11.3. The molecule has 1 amide bonds. The van der Waals surface area contributed by atoms with Crippen molar-refractivity contribution in [2.24, 2.45) is 5.84 Å². The zero-order chi connectivity index (χ0) is 15.6. The van der Waals surface area contributed by atoms with Gasteiger partial charge in [-0.1, -0.05) is 5.16 Å². The Morgan fingerprint density at radius 3 is 2.43 bits per heavy atom. The van der Waals surface area contributed by atoms with Crippen LogP contribution >= 0.6 is 0 Å². The van der Waals surface area contributed by atoms with E-state index in [0.29, 0.717) is 0 Å². The van der Waals surface area contributed by atoms with E-state index >= 15 is 0 Å². The standard InChI is InChI=1S/C12H10F3N3O3/c1-7-10(6-17-21-7)11(19)18(16)8-2-4-9(5-3-8)20-12(13,14)15/h2-6H,16H2,1H3. The van der Waals surface area contributed by atoms with Gasteiger partial charge in [0.05, 0.1) is 11.9 Å². The molecule has 0 bridgehead atoms. The van der Waals surface area contributed by atoms with E-state index in [1.165, 1.54) is 25.3 Å². The van der Waals surface area contributed by atoms with Crippen molar-refractivity contribution in [1.82, 2.24) is 5.16 Å². The molecule has 0 aliphatic rings. The van der Waals surface area contributed by atoms with E-state index in [0.717, 1.165) is 17.1 Å². The van der Waals surface area contributed by atoms with Crippen LogP contribution in [0.15, 0.2) is 35.0 Å². The molecule has 0 unspecified atom stereocenters. The number of halogens is 3. The van der Waals surface area contributed by atoms with E-state index in [2.05, 4.69) is 9.89 Å². The smallest absolute Gasteiger partial charge is 0.406 e. The molecule has 1 heterocycles. The fourth-order valence-corrected chi connectivity index (χ4v) is 1.56. The second kappa shape index (κ2) is 5.44. The zero-order valence-electron chi connectivity index (χ0n) is 10.7. The highest BCUT2D eigenvalue weighted by atomic mass is 19.4. The van der Waals surface area contributed by atoms with Gasteiger partial charge in [-0.15, -0.1) is 13.2 Å². The van der Waals surface area contributed by atoms with Crippen molar-refractivity contribution in [3.8, 4) is 5.75 Å². The summed E-state index contributed by atoms with van der Waals surface area (Å²) in [6, 6.07) is 4.55. The van der Waals surface area contributed by atoms with Crippen LogP contribution in [0.4, 0.5) is 18.9 Å². The fourth-order valence-electron chi connectivity index (χ4n) is 1.56. The first-order valence-electron chi connectivity index (χ1n) is 5.64. The van der Waals surface area contributed by atoms with Gasteiger partial charge >= 0.3 is 6.36 Å². The molecule has 1 aromatic heterocycles. The minimum absolute atomic E-state index is 0.160. The quantitative estimate of drug-likeness (QED) is 0.535. The maximum absolute atomic E-state index is 12.0. The van der Waals surface area contributed by atoms with E-state index in [9.17, 15) is 18.0 Å². The maximum atomic E-state index is 12.0. The molecular formula is C12H10F3N3O3. The number of aromatic nitrogens is 1. The molecule has 0 radical (unpaired) electrons. The summed E-state index contributed by atoms with van der Waals surface area (Å²) in [6.07, 6.45) is -3.57. The van der Waals surface area contributed by atoms with Gasteiger partial charge in [-0.2, -0.15) is 0 Å². The van der Waals surface area contributed by atoms with Gasteiger partial charge in [-0.25, -0.2) is 10.9 Å². The lowest BCUT2D eigenvalue weighted by Gasteiger charge is -2.16. The lowest BCUT2D eigenvalue weighted by molar-refractivity contribution is -0.274. The average molecular weight is 301 g/mol. The molecule has 0 saturated heterocycles. The number of alkyl halides is 3. The van der Waals surface area contributed by atoms with Crippen LogP contribution in [-0.2, 0) is 0 Å². The van der Waals surface area contributed by atoms with Gasteiger partial charge in [-0.05, 0) is 31.2 Å². The number of benzene rings is 1. The Balaban J connectivity index is 2.15. The molecule has 21 heavy (non-hydrogen) atoms. The van der Waals surface area contributed by atoms with Crippen molar-refractivity contribution >= 4 is 11.6 Å². The third kappa shape index (κ3) is 3.51. The van der Waals surface area contributed by atoms with Gasteiger partial charge in [-0.3, -0.25) is 4.79 Å². The van der Waals surface area contributed by atoms with Crippen LogP contribution < -0.4 is 15.6 Å². The number of hydrogen-bond acceptors (Lipinski definition) is 5. The summed E-state index contributed by atoms with van der Waals surface area (Å²) in [6.45, 7) is 1.54. The van der Waals surface area contributed by atoms with Crippen LogP contribution in [0.25, 0.3) is 0 Å². The van der Waals surface area contributed by atoms with Crippen LogP contribution in [0.1, 0.15) is 16.1 Å². The SMILES string of the molecule is Cc1oncc1C(=O)N(N)c1ccc(OC(F)(F)F)cc1. The minimum Gasteiger partial charge on any atom is -0.406 e. The first-order chi connectivity index (χ1) is 9.78. The highest BCUT2D eigenvalue weighted by Gasteiger charge is 2.31. The molecule has 6 nitrogen and oxygen atoms in total. The van der Waals surface area contributed by atoms with Crippen LogP contribution in [0.2, 0.25) is 0 Å². The van der Waals surface area contributed by atoms with Gasteiger partial charge in [0.25, 0.3) is 5.91 Å². The highest BCUT2D eigenvalue weighted by molar-refractivity contribution is 6.05. The van der Waals surface area contributed by atoms with E-state index in [1.807, 2.05) is 0 Å². The number of anilines is 1. The monoisotopic (exact) mass is 301 g/mol. The van der Waals surface area contributed by atoms with Crippen molar-refractivity contribution in [1.29, 1.82) is 0 Å². The summed E-state index contributed by atoms with van der Waals surface area (Å²) in [5, 5.41) is 4.22. The van der Waals surface area contributed by atoms with Crippen molar-refractivity contribution in [2.45, 2.75) is 13.3 Å². The van der Waals surface area contributed by atoms with Crippen LogP contribution in [0, 0.1) is 6.92 Å². The van der Waals surface area contributed by atoms with Crippen molar-refractivity contribution < 1.29 is 27.2 Å². The molecule has 0 spiro atoms. The largest absolute Gasteiger partial charge is 0.573 e. The molecule has 2 N–H and O–H groups in total. The topological polar surface area (TPSA) is 81.6 Å². The summed E-state index contributed by atoms with van der Waals surface area (Å²) >= 11 is 0. The molecule has 0 atom stereocenters. The van der Waals surface area contributed by atoms with E-state index < -0.39 is 18.0 Å². The first kappa shape index (κ1) is 14.9. The molecular weight excluding hydrogens is 291 g/mol. The number of nitrogens with zero attached hydrogens (tertiary/aromatic N) is 2. The first-order valence-corrected chi connectivity index (χ1v) is 5.64. The summed E-state index contributed by atoms with van der Waals surface area (Å²) in [5.74, 6) is 4.90. The lowest BCUT2D eigenvalue weighted by atomic mass is 10.2. The molecule has 0 aliphatic carbocycles. The zero-order valence-corrected chi connectivity index (χ0v) is 10.7. The third-order valence-corrected chi connectivity index (χ3v) is 2.55. The Morgan fingerprint density at radius 2 is 1.95 bits per heavy atom. The Labute approximate surface area is 116 Å². The number of hydrazine groups is 1. The Hall–Kier alpha value is -2.55. The lowest BCUT2D eigenvalue weighted by Crippen LogP contribution is -2.37. The number of carbonyl (C=O) groups is 1. The minimum atomic E-state index is -4.78. The van der Waals surface area contributed by atoms with E-state index in [1.54, 1.807) is 0 Å². The van der Waals surface area contributed by atoms with Crippen molar-refractivity contribution in [3.05, 3.63) is 41.8 Å². The predicted molar refractivity (Wildman–Crippen MR) is 65.4 cm³/mol. The van der Waals surface area contributed by atoms with Gasteiger partial charge < -0.3 is 9.26 Å². The summed E-state index contributed by atoms with van der Waals surface area (Å²) in [4.78, 5) is 12.0. The number of amides is 1. The number of hydrogen-bond donors (Lipinski definition) is 1. The fraction of sp³-hybridized carbons (Fsp3) is 0.167. The Morgan fingerprint density at radius 1 is 1.33 bits per heavy atom. The number of aryl methyl sites for hydroxylation is 1. The molecule has 0 saturated carbocycles. The van der Waals surface area contributed by atoms with Crippen LogP contribution in [-0.4, -0.2) is 17.4 Å². The van der Waals surface area contributed by atoms with Crippen molar-refractivity contribution in [2.75, 3.05) is 5.01 Å². The number of ether oxygens (including phenoxy) is 1. The summed E-state index contributed by atoms with van der Waals surface area (Å²) in [5.41, 5.74) is 0.350. The Bertz CT molecular complexity index is 637. The molecule has 9 heteroatoms. The third-order valence-electron chi connectivity index (χ3n) is 2.55. The van der Waals surface area contributed by atoms with Gasteiger partial charge in [0, 0.05) is 0 Å². The molecule has 112 valence electrons. The molecule has 0 aliphatic heterocycles. The van der Waals surface area contributed by atoms with E-state index in [-0.39, 0.29) is 17.0 Å². The number of rotatable bonds is 3. The second-order valence-corrected chi connectivity index (χ2v) is 4.01. The van der Waals surface area contributed by atoms with E-state index in [4.69, 9.17) is 10.4 Å². The van der Waals surface area contributed by atoms with Crippen LogP contribution in [0.5, 0.6) is 5.75 Å². The maximum Gasteiger partial charge on any atom is 0.573 e. The number of carbonyl (C=O) groups excluding carboxylic acids is 1. The van der Waals surface area contributed by atoms with Gasteiger partial charge in [0.15, 0.2) is 0 Å². The number of nitrogens with two attached hydrogens (primary N) is 1. The van der Waals surface area contributed by atoms with Crippen LogP contribution in [0.3, 0.4) is 0 Å². The van der Waals surface area contributed by atoms with Gasteiger partial charge in [0.1, 0.15) is 17.1 Å². The summed E-state index contributed by atoms with van der Waals surface area (Å²) < 4.78 is 44.6. The molecule has 2 aromatic rings. The predicted octanol–water partition coefficient (Wildman–Crippen LogP) is 2.40. The second-order valence-electron chi connectivity index (χ2n) is 4.01. The average Bonchev–Trinajstić information content (AvgIpc) is 2.82. The molecule has 1 aromatic carbocycles. The molecule has 0 fully saturated rings. The summed E-state index contributed by atoms with van der Waals surface area (Å²) in [7, 11) is 0. The Kier molecular flexibility index (Phi) is 3.85. The van der Waals surface area contributed by atoms with Gasteiger partial charge in [0.2, 0.25) is 0 Å². The van der Waals surface area contributed by atoms with Crippen molar-refractivity contribution in [3.63, 3.8) is 0 Å².